The second-order valence-electron chi connectivity index (χ2n) is 4.48. The minimum absolute atomic E-state index is 0.234. The average molecular weight is 250 g/mol. The van der Waals surface area contributed by atoms with Crippen molar-refractivity contribution in [3.63, 3.8) is 0 Å². The van der Waals surface area contributed by atoms with Crippen LogP contribution in [-0.4, -0.2) is 12.0 Å². The van der Waals surface area contributed by atoms with Gasteiger partial charge >= 0.3 is 6.18 Å². The molecule has 1 nitrogen and oxygen atoms in total. The van der Waals surface area contributed by atoms with Crippen molar-refractivity contribution in [1.29, 1.82) is 0 Å². The third-order valence-corrected chi connectivity index (χ3v) is 3.40. The Morgan fingerprint density at radius 2 is 1.78 bits per heavy atom. The van der Waals surface area contributed by atoms with Crippen LogP contribution in [0.15, 0.2) is 36.4 Å². The van der Waals surface area contributed by atoms with Gasteiger partial charge in [-0.15, -0.1) is 0 Å². The van der Waals surface area contributed by atoms with Gasteiger partial charge in [0.2, 0.25) is 0 Å². The molecule has 1 aliphatic carbocycles. The zero-order valence-corrected chi connectivity index (χ0v) is 9.29. The van der Waals surface area contributed by atoms with E-state index in [0.717, 1.165) is 5.39 Å². The summed E-state index contributed by atoms with van der Waals surface area (Å²) < 4.78 is 38.3. The molecule has 0 N–H and O–H groups in total. The first-order valence-corrected chi connectivity index (χ1v) is 5.60. The third-order valence-electron chi connectivity index (χ3n) is 3.40. The summed E-state index contributed by atoms with van der Waals surface area (Å²) in [6.07, 6.45) is -4.69. The monoisotopic (exact) mass is 250 g/mol. The van der Waals surface area contributed by atoms with Crippen molar-refractivity contribution in [3.05, 3.63) is 47.5 Å². The maximum Gasteiger partial charge on any atom is 0.399 e. The Hall–Kier alpha value is -1.84. The Labute approximate surface area is 101 Å². The SMILES string of the molecule is O=C1c2c(ccc3ccccc23)CC1C(F)(F)F. The van der Waals surface area contributed by atoms with Crippen LogP contribution in [0.3, 0.4) is 0 Å². The number of fused-ring (bicyclic) bond motifs is 3. The van der Waals surface area contributed by atoms with Gasteiger partial charge in [0.1, 0.15) is 5.92 Å². The summed E-state index contributed by atoms with van der Waals surface area (Å²) in [5.41, 5.74) is 0.747. The first kappa shape index (κ1) is 11.3. The van der Waals surface area contributed by atoms with Gasteiger partial charge in [-0.05, 0) is 22.8 Å². The van der Waals surface area contributed by atoms with Gasteiger partial charge in [-0.3, -0.25) is 4.79 Å². The first-order chi connectivity index (χ1) is 8.48. The van der Waals surface area contributed by atoms with Gasteiger partial charge in [0.25, 0.3) is 0 Å². The molecule has 0 spiro atoms. The molecule has 0 aliphatic heterocycles. The maximum atomic E-state index is 12.8. The summed E-state index contributed by atoms with van der Waals surface area (Å²) in [5, 5.41) is 1.42. The molecule has 0 bridgehead atoms. The number of rotatable bonds is 0. The van der Waals surface area contributed by atoms with Gasteiger partial charge in [-0.25, -0.2) is 0 Å². The van der Waals surface area contributed by atoms with Crippen molar-refractivity contribution in [3.8, 4) is 0 Å². The van der Waals surface area contributed by atoms with E-state index in [1.807, 2.05) is 0 Å². The fourth-order valence-electron chi connectivity index (χ4n) is 2.53. The number of Topliss-reactive ketones (excluding diaryl/α,β-unsaturated/α-hetero) is 1. The van der Waals surface area contributed by atoms with Crippen LogP contribution in [0.1, 0.15) is 15.9 Å². The zero-order chi connectivity index (χ0) is 12.9. The van der Waals surface area contributed by atoms with Crippen molar-refractivity contribution in [2.75, 3.05) is 0 Å². The Kier molecular flexibility index (Phi) is 2.24. The summed E-state index contributed by atoms with van der Waals surface area (Å²) in [6.45, 7) is 0. The van der Waals surface area contributed by atoms with E-state index in [2.05, 4.69) is 0 Å². The normalized spacial score (nSPS) is 19.3. The molecule has 1 unspecified atom stereocenters. The minimum atomic E-state index is -4.46. The van der Waals surface area contributed by atoms with E-state index in [1.54, 1.807) is 36.4 Å². The number of hydrogen-bond acceptors (Lipinski definition) is 1. The minimum Gasteiger partial charge on any atom is -0.293 e. The van der Waals surface area contributed by atoms with Gasteiger partial charge in [0.15, 0.2) is 5.78 Å². The number of ketones is 1. The van der Waals surface area contributed by atoms with Crippen molar-refractivity contribution >= 4 is 16.6 Å². The molecule has 2 aromatic carbocycles. The zero-order valence-electron chi connectivity index (χ0n) is 9.29. The Balaban J connectivity index is 2.22. The quantitative estimate of drug-likeness (QED) is 0.695. The molecular weight excluding hydrogens is 241 g/mol. The van der Waals surface area contributed by atoms with Crippen LogP contribution in [0.5, 0.6) is 0 Å². The molecule has 0 amide bonds. The Bertz CT molecular complexity index is 643. The van der Waals surface area contributed by atoms with Gasteiger partial charge in [-0.1, -0.05) is 36.4 Å². The molecule has 0 saturated heterocycles. The molecule has 92 valence electrons. The van der Waals surface area contributed by atoms with Crippen molar-refractivity contribution in [1.82, 2.24) is 0 Å². The predicted octanol–water partition coefficient (Wildman–Crippen LogP) is 3.76. The first-order valence-electron chi connectivity index (χ1n) is 5.60. The van der Waals surface area contributed by atoms with Crippen LogP contribution >= 0.6 is 0 Å². The highest BCUT2D eigenvalue weighted by Gasteiger charge is 2.49. The van der Waals surface area contributed by atoms with Crippen LogP contribution in [0, 0.1) is 5.92 Å². The molecule has 0 fully saturated rings. The van der Waals surface area contributed by atoms with Crippen LogP contribution < -0.4 is 0 Å². The van der Waals surface area contributed by atoms with Gasteiger partial charge < -0.3 is 0 Å². The molecule has 2 aromatic rings. The molecule has 1 aliphatic rings. The standard InChI is InChI=1S/C14H9F3O/c15-14(16,17)11-7-9-6-5-8-3-1-2-4-10(8)12(9)13(11)18/h1-6,11H,7H2. The van der Waals surface area contributed by atoms with Gasteiger partial charge in [-0.2, -0.15) is 13.2 Å². The van der Waals surface area contributed by atoms with Crippen molar-refractivity contribution < 1.29 is 18.0 Å². The van der Waals surface area contributed by atoms with Crippen molar-refractivity contribution in [2.45, 2.75) is 12.6 Å². The predicted molar refractivity (Wildman–Crippen MR) is 61.5 cm³/mol. The fourth-order valence-corrected chi connectivity index (χ4v) is 2.53. The van der Waals surface area contributed by atoms with Crippen molar-refractivity contribution in [2.24, 2.45) is 5.92 Å². The summed E-state index contributed by atoms with van der Waals surface area (Å²) in [6, 6.07) is 10.4. The Morgan fingerprint density at radius 3 is 2.50 bits per heavy atom. The second kappa shape index (κ2) is 3.57. The molecule has 0 radical (unpaired) electrons. The second-order valence-corrected chi connectivity index (χ2v) is 4.48. The topological polar surface area (TPSA) is 17.1 Å². The van der Waals surface area contributed by atoms with E-state index in [4.69, 9.17) is 0 Å². The number of carbonyl (C=O) groups excluding carboxylic acids is 1. The Morgan fingerprint density at radius 1 is 1.06 bits per heavy atom. The van der Waals surface area contributed by atoms with Crippen LogP contribution in [0.2, 0.25) is 0 Å². The van der Waals surface area contributed by atoms with E-state index in [9.17, 15) is 18.0 Å². The van der Waals surface area contributed by atoms with E-state index in [-0.39, 0.29) is 12.0 Å². The number of carbonyl (C=O) groups is 1. The fraction of sp³-hybridized carbons (Fsp3) is 0.214. The van der Waals surface area contributed by atoms with E-state index in [0.29, 0.717) is 10.9 Å². The third kappa shape index (κ3) is 1.52. The summed E-state index contributed by atoms with van der Waals surface area (Å²) in [4.78, 5) is 11.9. The largest absolute Gasteiger partial charge is 0.399 e. The summed E-state index contributed by atoms with van der Waals surface area (Å²) in [7, 11) is 0. The van der Waals surface area contributed by atoms with E-state index >= 15 is 0 Å². The average Bonchev–Trinajstić information content (AvgIpc) is 2.67. The summed E-state index contributed by atoms with van der Waals surface area (Å²) >= 11 is 0. The molecule has 0 saturated carbocycles. The molecule has 0 aromatic heterocycles. The molecular formula is C14H9F3O. The highest BCUT2D eigenvalue weighted by Crippen LogP contribution is 2.40. The lowest BCUT2D eigenvalue weighted by Gasteiger charge is -2.11. The van der Waals surface area contributed by atoms with E-state index in [1.165, 1.54) is 0 Å². The molecule has 1 atom stereocenters. The molecule has 4 heteroatoms. The summed E-state index contributed by atoms with van der Waals surface area (Å²) in [5.74, 6) is -2.67. The number of halogens is 3. The molecule has 0 heterocycles. The van der Waals surface area contributed by atoms with Crippen LogP contribution in [0.25, 0.3) is 10.8 Å². The lowest BCUT2D eigenvalue weighted by molar-refractivity contribution is -0.158. The lowest BCUT2D eigenvalue weighted by Crippen LogP contribution is -2.27. The van der Waals surface area contributed by atoms with Gasteiger partial charge in [0, 0.05) is 5.56 Å². The van der Waals surface area contributed by atoms with Crippen LogP contribution in [0.4, 0.5) is 13.2 Å². The van der Waals surface area contributed by atoms with Crippen LogP contribution in [-0.2, 0) is 6.42 Å². The number of benzene rings is 2. The maximum absolute atomic E-state index is 12.8. The molecule has 18 heavy (non-hydrogen) atoms. The highest BCUT2D eigenvalue weighted by molar-refractivity contribution is 6.12. The smallest absolute Gasteiger partial charge is 0.293 e. The highest BCUT2D eigenvalue weighted by atomic mass is 19.4. The molecule has 3 rings (SSSR count). The number of alkyl halides is 3. The number of hydrogen-bond donors (Lipinski definition) is 0. The lowest BCUT2D eigenvalue weighted by atomic mass is 10.00. The van der Waals surface area contributed by atoms with E-state index < -0.39 is 17.9 Å². The van der Waals surface area contributed by atoms with Gasteiger partial charge in [0.05, 0.1) is 0 Å².